The molecule has 8 heteroatoms. The number of para-hydroxylation sites is 1. The second kappa shape index (κ2) is 7.68. The van der Waals surface area contributed by atoms with Gasteiger partial charge >= 0.3 is 0 Å². The molecule has 3 rings (SSSR count). The highest BCUT2D eigenvalue weighted by Crippen LogP contribution is 2.38. The van der Waals surface area contributed by atoms with Crippen LogP contribution in [0.4, 0.5) is 23.0 Å². The number of benzene rings is 1. The minimum atomic E-state index is -0.107. The van der Waals surface area contributed by atoms with Gasteiger partial charge in [0.05, 0.1) is 30.0 Å². The second-order valence-electron chi connectivity index (χ2n) is 6.63. The number of furan rings is 1. The molecule has 2 heterocycles. The first-order valence-electron chi connectivity index (χ1n) is 8.53. The monoisotopic (exact) mass is 383 g/mol. The molecule has 0 fully saturated rings. The van der Waals surface area contributed by atoms with Crippen LogP contribution in [-0.4, -0.2) is 13.9 Å². The van der Waals surface area contributed by atoms with Crippen LogP contribution in [0.15, 0.2) is 28.7 Å². The molecule has 2 aromatic heterocycles. The van der Waals surface area contributed by atoms with Crippen molar-refractivity contribution in [3.05, 3.63) is 52.8 Å². The fourth-order valence-corrected chi connectivity index (χ4v) is 3.16. The summed E-state index contributed by atoms with van der Waals surface area (Å²) in [5.74, 6) is 2.94. The summed E-state index contributed by atoms with van der Waals surface area (Å²) in [6, 6.07) is 6.90. The summed E-state index contributed by atoms with van der Waals surface area (Å²) < 4.78 is 14.5. The number of anilines is 3. The molecule has 1 aromatic carbocycles. The van der Waals surface area contributed by atoms with Gasteiger partial charge < -0.3 is 20.2 Å². The van der Waals surface area contributed by atoms with E-state index in [1.165, 1.54) is 0 Å². The standard InChI is InChI=1S/C19H21N5O2S/c1-10(2)16(15-9-11(3)12(4)26-15)22-19-18(23-27-24-19)21-14-8-6-7-13(20-5)17(14)25/h6-10,16,25H,1-4H3,(H,21,23)(H,22,24)/t16-/m1/s1. The summed E-state index contributed by atoms with van der Waals surface area (Å²) in [5.41, 5.74) is 1.69. The third-order valence-corrected chi connectivity index (χ3v) is 4.86. The number of hydrogen-bond donors (Lipinski definition) is 3. The van der Waals surface area contributed by atoms with E-state index in [-0.39, 0.29) is 23.4 Å². The number of nitrogens with one attached hydrogen (secondary N) is 2. The predicted octanol–water partition coefficient (Wildman–Crippen LogP) is 5.56. The van der Waals surface area contributed by atoms with Crippen molar-refractivity contribution < 1.29 is 9.52 Å². The highest BCUT2D eigenvalue weighted by molar-refractivity contribution is 6.99. The normalized spacial score (nSPS) is 12.0. The number of aromatic nitrogens is 2. The van der Waals surface area contributed by atoms with Gasteiger partial charge in [-0.2, -0.15) is 8.75 Å². The van der Waals surface area contributed by atoms with Gasteiger partial charge in [-0.1, -0.05) is 26.0 Å². The maximum atomic E-state index is 10.2. The molecule has 0 radical (unpaired) electrons. The average molecular weight is 383 g/mol. The molecule has 0 saturated carbocycles. The lowest BCUT2D eigenvalue weighted by Crippen LogP contribution is -2.17. The zero-order valence-electron chi connectivity index (χ0n) is 15.6. The lowest BCUT2D eigenvalue weighted by molar-refractivity contribution is 0.408. The van der Waals surface area contributed by atoms with Crippen molar-refractivity contribution in [3.63, 3.8) is 0 Å². The van der Waals surface area contributed by atoms with Crippen LogP contribution >= 0.6 is 11.7 Å². The van der Waals surface area contributed by atoms with Gasteiger partial charge in [0, 0.05) is 0 Å². The SMILES string of the molecule is [C-]#[N+]c1cccc(Nc2nsnc2N[C@@H](c2cc(C)c(C)o2)C(C)C)c1O. The van der Waals surface area contributed by atoms with E-state index < -0.39 is 0 Å². The number of hydrogen-bond acceptors (Lipinski definition) is 7. The van der Waals surface area contributed by atoms with Crippen molar-refractivity contribution >= 4 is 34.7 Å². The second-order valence-corrected chi connectivity index (χ2v) is 7.15. The van der Waals surface area contributed by atoms with Gasteiger partial charge in [0.25, 0.3) is 0 Å². The zero-order valence-corrected chi connectivity index (χ0v) is 16.4. The van der Waals surface area contributed by atoms with Crippen LogP contribution in [0, 0.1) is 26.3 Å². The van der Waals surface area contributed by atoms with E-state index in [2.05, 4.69) is 38.1 Å². The van der Waals surface area contributed by atoms with E-state index in [1.807, 2.05) is 19.9 Å². The smallest absolute Gasteiger partial charge is 0.230 e. The third kappa shape index (κ3) is 3.88. The molecule has 7 nitrogen and oxygen atoms in total. The van der Waals surface area contributed by atoms with Crippen molar-refractivity contribution in [2.24, 2.45) is 5.92 Å². The number of rotatable bonds is 6. The fourth-order valence-electron chi connectivity index (χ4n) is 2.68. The van der Waals surface area contributed by atoms with E-state index in [0.717, 1.165) is 28.8 Å². The summed E-state index contributed by atoms with van der Waals surface area (Å²) in [7, 11) is 0. The first kappa shape index (κ1) is 18.7. The number of nitrogens with zero attached hydrogens (tertiary/aromatic N) is 3. The lowest BCUT2D eigenvalue weighted by Gasteiger charge is -2.20. The third-order valence-electron chi connectivity index (χ3n) is 4.33. The molecule has 0 aliphatic carbocycles. The first-order chi connectivity index (χ1) is 12.9. The minimum Gasteiger partial charge on any atom is -0.517 e. The Morgan fingerprint density at radius 1 is 1.22 bits per heavy atom. The quantitative estimate of drug-likeness (QED) is 0.382. The van der Waals surface area contributed by atoms with Crippen molar-refractivity contribution in [1.82, 2.24) is 8.75 Å². The Hall–Kier alpha value is -3.05. The molecule has 27 heavy (non-hydrogen) atoms. The van der Waals surface area contributed by atoms with Gasteiger partial charge in [-0.25, -0.2) is 4.85 Å². The lowest BCUT2D eigenvalue weighted by atomic mass is 10.0. The molecular weight excluding hydrogens is 362 g/mol. The Morgan fingerprint density at radius 2 is 1.96 bits per heavy atom. The molecule has 140 valence electrons. The molecular formula is C19H21N5O2S. The van der Waals surface area contributed by atoms with Gasteiger partial charge in [-0.15, -0.1) is 0 Å². The molecule has 0 saturated heterocycles. The summed E-state index contributed by atoms with van der Waals surface area (Å²) in [6.07, 6.45) is 0. The summed E-state index contributed by atoms with van der Waals surface area (Å²) in [4.78, 5) is 3.30. The summed E-state index contributed by atoms with van der Waals surface area (Å²) in [6.45, 7) is 15.3. The molecule has 0 spiro atoms. The molecule has 0 aliphatic heterocycles. The van der Waals surface area contributed by atoms with E-state index in [0.29, 0.717) is 17.3 Å². The van der Waals surface area contributed by atoms with E-state index in [4.69, 9.17) is 11.0 Å². The van der Waals surface area contributed by atoms with Crippen LogP contribution in [-0.2, 0) is 0 Å². The number of aromatic hydroxyl groups is 1. The molecule has 1 atom stereocenters. The topological polar surface area (TPSA) is 87.6 Å². The number of phenolic OH excluding ortho intramolecular Hbond substituents is 1. The Balaban J connectivity index is 1.87. The molecule has 0 aliphatic rings. The Bertz CT molecular complexity index is 967. The van der Waals surface area contributed by atoms with Crippen LogP contribution in [0.1, 0.15) is 37.0 Å². The first-order valence-corrected chi connectivity index (χ1v) is 9.26. The van der Waals surface area contributed by atoms with Gasteiger partial charge in [0.15, 0.2) is 11.6 Å². The largest absolute Gasteiger partial charge is 0.517 e. The van der Waals surface area contributed by atoms with Crippen molar-refractivity contribution in [2.75, 3.05) is 10.6 Å². The maximum Gasteiger partial charge on any atom is 0.230 e. The van der Waals surface area contributed by atoms with Crippen molar-refractivity contribution in [2.45, 2.75) is 33.7 Å². The van der Waals surface area contributed by atoms with Gasteiger partial charge in [0.1, 0.15) is 17.3 Å². The van der Waals surface area contributed by atoms with E-state index in [9.17, 15) is 5.11 Å². The molecule has 3 aromatic rings. The van der Waals surface area contributed by atoms with Crippen molar-refractivity contribution in [1.29, 1.82) is 0 Å². The maximum absolute atomic E-state index is 10.2. The van der Waals surface area contributed by atoms with Crippen LogP contribution in [0.5, 0.6) is 5.75 Å². The molecule has 0 bridgehead atoms. The van der Waals surface area contributed by atoms with Gasteiger partial charge in [-0.3, -0.25) is 0 Å². The highest BCUT2D eigenvalue weighted by Gasteiger charge is 2.23. The predicted molar refractivity (Wildman–Crippen MR) is 107 cm³/mol. The Morgan fingerprint density at radius 3 is 2.59 bits per heavy atom. The van der Waals surface area contributed by atoms with Gasteiger partial charge in [0.2, 0.25) is 5.69 Å². The summed E-state index contributed by atoms with van der Waals surface area (Å²) in [5, 5.41) is 16.7. The Kier molecular flexibility index (Phi) is 5.33. The van der Waals surface area contributed by atoms with Crippen LogP contribution < -0.4 is 10.6 Å². The van der Waals surface area contributed by atoms with Crippen LogP contribution in [0.25, 0.3) is 4.85 Å². The Labute approximate surface area is 162 Å². The van der Waals surface area contributed by atoms with Crippen LogP contribution in [0.3, 0.4) is 0 Å². The summed E-state index contributed by atoms with van der Waals surface area (Å²) >= 11 is 1.06. The number of phenols is 1. The highest BCUT2D eigenvalue weighted by atomic mass is 32.1. The minimum absolute atomic E-state index is 0.0787. The van der Waals surface area contributed by atoms with E-state index >= 15 is 0 Å². The van der Waals surface area contributed by atoms with Crippen molar-refractivity contribution in [3.8, 4) is 5.75 Å². The van der Waals surface area contributed by atoms with Crippen LogP contribution in [0.2, 0.25) is 0 Å². The average Bonchev–Trinajstić information content (AvgIpc) is 3.20. The molecule has 0 unspecified atom stereocenters. The van der Waals surface area contributed by atoms with Gasteiger partial charge in [-0.05, 0) is 37.5 Å². The van der Waals surface area contributed by atoms with E-state index in [1.54, 1.807) is 18.2 Å². The molecule has 0 amide bonds. The molecule has 3 N–H and O–H groups in total. The fraction of sp³-hybridized carbons (Fsp3) is 0.316. The number of aryl methyl sites for hydroxylation is 2. The zero-order chi connectivity index (χ0) is 19.6.